The van der Waals surface area contributed by atoms with Crippen LogP contribution in [0.5, 0.6) is 0 Å². The van der Waals surface area contributed by atoms with Crippen LogP contribution >= 0.6 is 11.8 Å². The number of thioether (sulfide) groups is 1. The fourth-order valence-corrected chi connectivity index (χ4v) is 6.01. The zero-order valence-electron chi connectivity index (χ0n) is 21.7. The fraction of sp³-hybridized carbons (Fsp3) is 0.276. The average molecular weight is 580 g/mol. The second kappa shape index (κ2) is 11.3. The van der Waals surface area contributed by atoms with E-state index in [1.54, 1.807) is 30.3 Å². The molecule has 2 aromatic carbocycles. The van der Waals surface area contributed by atoms with E-state index in [-0.39, 0.29) is 46.5 Å². The summed E-state index contributed by atoms with van der Waals surface area (Å²) < 4.78 is 49.6. The number of hydrogen-bond donors (Lipinski definition) is 2. The number of nitrogens with one attached hydrogen (secondary N) is 2. The molecule has 2 amide bonds. The van der Waals surface area contributed by atoms with Gasteiger partial charge in [-0.2, -0.15) is 5.26 Å². The van der Waals surface area contributed by atoms with Crippen LogP contribution in [-0.2, 0) is 10.3 Å². The average Bonchev–Trinajstić information content (AvgIpc) is 2.97. The van der Waals surface area contributed by atoms with E-state index in [4.69, 9.17) is 15.0 Å². The molecule has 41 heavy (non-hydrogen) atoms. The molecule has 1 aromatic heterocycles. The Hall–Kier alpha value is -4.21. The topological polar surface area (TPSA) is 116 Å². The number of rotatable bonds is 5. The van der Waals surface area contributed by atoms with Gasteiger partial charge in [-0.05, 0) is 48.9 Å². The van der Waals surface area contributed by atoms with E-state index >= 15 is 4.39 Å². The van der Waals surface area contributed by atoms with Gasteiger partial charge in [-0.25, -0.2) is 23.1 Å². The zero-order valence-corrected chi connectivity index (χ0v) is 22.6. The van der Waals surface area contributed by atoms with Crippen LogP contribution in [0.15, 0.2) is 71.9 Å². The Morgan fingerprint density at radius 2 is 1.90 bits per heavy atom. The number of ether oxygens (including phenoxy) is 1. The molecule has 3 aromatic rings. The third kappa shape index (κ3) is 5.96. The molecule has 0 unspecified atom stereocenters. The molecule has 2 aliphatic heterocycles. The van der Waals surface area contributed by atoms with Crippen LogP contribution in [0.25, 0.3) is 0 Å². The van der Waals surface area contributed by atoms with Crippen molar-refractivity contribution in [1.29, 1.82) is 5.26 Å². The van der Waals surface area contributed by atoms with Crippen molar-refractivity contribution in [2.45, 2.75) is 30.9 Å². The van der Waals surface area contributed by atoms with Gasteiger partial charge in [-0.1, -0.05) is 30.0 Å². The fourth-order valence-electron chi connectivity index (χ4n) is 4.85. The number of aliphatic imine (C=N–C) groups is 1. The molecule has 3 heterocycles. The Morgan fingerprint density at radius 3 is 2.59 bits per heavy atom. The molecule has 1 fully saturated rings. The second-order valence-electron chi connectivity index (χ2n) is 9.85. The first-order valence-corrected chi connectivity index (χ1v) is 13.6. The van der Waals surface area contributed by atoms with Crippen molar-refractivity contribution in [2.24, 2.45) is 10.9 Å². The lowest BCUT2D eigenvalue weighted by Crippen LogP contribution is -2.54. The van der Waals surface area contributed by atoms with Gasteiger partial charge in [-0.3, -0.25) is 9.59 Å². The van der Waals surface area contributed by atoms with Crippen molar-refractivity contribution < 1.29 is 27.5 Å². The number of alkyl halides is 2. The highest BCUT2D eigenvalue weighted by molar-refractivity contribution is 8.13. The molecule has 8 nitrogen and oxygen atoms in total. The Balaban J connectivity index is 1.49. The van der Waals surface area contributed by atoms with Gasteiger partial charge in [0, 0.05) is 41.6 Å². The predicted octanol–water partition coefficient (Wildman–Crippen LogP) is 5.13. The van der Waals surface area contributed by atoms with Crippen molar-refractivity contribution in [3.8, 4) is 6.07 Å². The van der Waals surface area contributed by atoms with Crippen LogP contribution in [0.3, 0.4) is 0 Å². The Kier molecular flexibility index (Phi) is 7.84. The van der Waals surface area contributed by atoms with Gasteiger partial charge in [0.1, 0.15) is 29.2 Å². The number of carbonyl (C=O) groups excluding carboxylic acids is 2. The first kappa shape index (κ1) is 28.3. The van der Waals surface area contributed by atoms with Crippen molar-refractivity contribution in [3.63, 3.8) is 0 Å². The SMILES string of the molecule is CC(F)(F)[C@H]1C[C@H]2CSC(NC(=O)c3ccccc3)=N[C@@]2(c2cc(NC(=O)c3ccc(C#N)cn3)ccc2F)CO1. The lowest BCUT2D eigenvalue weighted by Gasteiger charge is -2.47. The summed E-state index contributed by atoms with van der Waals surface area (Å²) in [6.45, 7) is 0.422. The number of amides is 2. The molecule has 0 spiro atoms. The summed E-state index contributed by atoms with van der Waals surface area (Å²) in [5, 5.41) is 14.6. The minimum absolute atomic E-state index is 0.0396. The maximum atomic E-state index is 15.5. The molecule has 0 bridgehead atoms. The minimum atomic E-state index is -3.12. The molecule has 2 aliphatic rings. The lowest BCUT2D eigenvalue weighted by atomic mass is 9.74. The van der Waals surface area contributed by atoms with E-state index in [0.29, 0.717) is 5.56 Å². The van der Waals surface area contributed by atoms with Crippen LogP contribution in [0.1, 0.15) is 45.3 Å². The molecular formula is C29H24F3N5O3S. The minimum Gasteiger partial charge on any atom is -0.369 e. The van der Waals surface area contributed by atoms with Gasteiger partial charge in [0.25, 0.3) is 17.7 Å². The van der Waals surface area contributed by atoms with E-state index in [1.807, 2.05) is 6.07 Å². The molecule has 0 saturated carbocycles. The normalized spacial score (nSPS) is 22.1. The van der Waals surface area contributed by atoms with E-state index in [0.717, 1.165) is 13.0 Å². The van der Waals surface area contributed by atoms with Crippen LogP contribution < -0.4 is 10.6 Å². The molecule has 2 N–H and O–H groups in total. The monoisotopic (exact) mass is 579 g/mol. The molecular weight excluding hydrogens is 555 g/mol. The third-order valence-electron chi connectivity index (χ3n) is 7.04. The molecule has 12 heteroatoms. The number of hydrogen-bond acceptors (Lipinski definition) is 7. The summed E-state index contributed by atoms with van der Waals surface area (Å²) in [4.78, 5) is 34.3. The third-order valence-corrected chi connectivity index (χ3v) is 8.07. The maximum absolute atomic E-state index is 15.5. The second-order valence-corrected chi connectivity index (χ2v) is 10.9. The summed E-state index contributed by atoms with van der Waals surface area (Å²) in [6.07, 6.45) is -0.219. The van der Waals surface area contributed by atoms with Gasteiger partial charge in [0.2, 0.25) is 0 Å². The molecule has 1 saturated heterocycles. The van der Waals surface area contributed by atoms with Crippen molar-refractivity contribution >= 4 is 34.4 Å². The lowest BCUT2D eigenvalue weighted by molar-refractivity contribution is -0.170. The van der Waals surface area contributed by atoms with Crippen LogP contribution in [-0.4, -0.2) is 46.4 Å². The number of halogens is 3. The first-order valence-electron chi connectivity index (χ1n) is 12.6. The van der Waals surface area contributed by atoms with Crippen molar-refractivity contribution in [1.82, 2.24) is 10.3 Å². The smallest absolute Gasteiger partial charge is 0.274 e. The number of aromatic nitrogens is 1. The van der Waals surface area contributed by atoms with E-state index in [1.165, 1.54) is 42.2 Å². The number of fused-ring (bicyclic) bond motifs is 1. The number of amidine groups is 1. The van der Waals surface area contributed by atoms with Gasteiger partial charge < -0.3 is 15.4 Å². The Labute approximate surface area is 238 Å². The number of pyridine rings is 1. The Morgan fingerprint density at radius 1 is 1.12 bits per heavy atom. The summed E-state index contributed by atoms with van der Waals surface area (Å²) in [5.41, 5.74) is -0.464. The quantitative estimate of drug-likeness (QED) is 0.433. The summed E-state index contributed by atoms with van der Waals surface area (Å²) in [6, 6.07) is 17.1. The number of carbonyl (C=O) groups is 2. The number of benzene rings is 2. The molecule has 210 valence electrons. The van der Waals surface area contributed by atoms with Crippen LogP contribution in [0.2, 0.25) is 0 Å². The van der Waals surface area contributed by atoms with Gasteiger partial charge in [0.15, 0.2) is 5.17 Å². The van der Waals surface area contributed by atoms with Crippen LogP contribution in [0.4, 0.5) is 18.9 Å². The summed E-state index contributed by atoms with van der Waals surface area (Å²) >= 11 is 1.19. The molecule has 3 atom stereocenters. The highest BCUT2D eigenvalue weighted by Gasteiger charge is 2.53. The number of nitrogens with zero attached hydrogens (tertiary/aromatic N) is 3. The Bertz CT molecular complexity index is 1540. The highest BCUT2D eigenvalue weighted by Crippen LogP contribution is 2.49. The van der Waals surface area contributed by atoms with E-state index in [2.05, 4.69) is 15.6 Å². The predicted molar refractivity (Wildman–Crippen MR) is 147 cm³/mol. The maximum Gasteiger partial charge on any atom is 0.274 e. The summed E-state index contributed by atoms with van der Waals surface area (Å²) in [7, 11) is 0. The van der Waals surface area contributed by atoms with Gasteiger partial charge in [-0.15, -0.1) is 0 Å². The molecule has 5 rings (SSSR count). The number of nitriles is 1. The van der Waals surface area contributed by atoms with E-state index in [9.17, 15) is 18.4 Å². The zero-order chi connectivity index (χ0) is 29.2. The number of anilines is 1. The van der Waals surface area contributed by atoms with Crippen LogP contribution in [0, 0.1) is 23.1 Å². The van der Waals surface area contributed by atoms with E-state index < -0.39 is 41.1 Å². The molecule has 0 radical (unpaired) electrons. The van der Waals surface area contributed by atoms with Crippen molar-refractivity contribution in [3.05, 3.63) is 95.1 Å². The standard InChI is InChI=1S/C29H24F3N5O3S/c1-28(31,32)24-11-19-15-41-27(36-25(38)18-5-3-2-4-6-18)37-29(19,16-40-24)21-12-20(8-9-22(21)30)35-26(39)23-10-7-17(13-33)14-34-23/h2-10,12,14,19,24H,11,15-16H2,1H3,(H,35,39)(H,36,37,38)/t19-,24+,29-/m0/s1. The van der Waals surface area contributed by atoms with Gasteiger partial charge >= 0.3 is 0 Å². The largest absolute Gasteiger partial charge is 0.369 e. The van der Waals surface area contributed by atoms with Crippen molar-refractivity contribution in [2.75, 3.05) is 17.7 Å². The summed E-state index contributed by atoms with van der Waals surface area (Å²) in [5.74, 6) is -5.09. The highest BCUT2D eigenvalue weighted by atomic mass is 32.2. The van der Waals surface area contributed by atoms with Gasteiger partial charge in [0.05, 0.1) is 12.2 Å². The molecule has 0 aliphatic carbocycles. The first-order chi connectivity index (χ1) is 19.6.